The summed E-state index contributed by atoms with van der Waals surface area (Å²) in [5.74, 6) is -0.645. The lowest BCUT2D eigenvalue weighted by Gasteiger charge is -2.13. The number of allylic oxidation sites excluding steroid dienone is 2. The maximum Gasteiger partial charge on any atom is 0.269 e. The number of rotatable bonds is 5. The van der Waals surface area contributed by atoms with Crippen LogP contribution in [0.3, 0.4) is 0 Å². The van der Waals surface area contributed by atoms with Crippen molar-refractivity contribution in [1.29, 1.82) is 0 Å². The van der Waals surface area contributed by atoms with E-state index in [2.05, 4.69) is 10.9 Å². The van der Waals surface area contributed by atoms with Crippen molar-refractivity contribution in [2.45, 2.75) is 24.2 Å². The smallest absolute Gasteiger partial charge is 0.269 e. The van der Waals surface area contributed by atoms with Crippen molar-refractivity contribution in [1.82, 2.24) is 15.2 Å². The van der Waals surface area contributed by atoms with Crippen LogP contribution in [-0.4, -0.2) is 38.6 Å². The Morgan fingerprint density at radius 1 is 1.25 bits per heavy atom. The van der Waals surface area contributed by atoms with Gasteiger partial charge in [-0.2, -0.15) is 0 Å². The van der Waals surface area contributed by atoms with Crippen molar-refractivity contribution in [3.8, 4) is 0 Å². The summed E-state index contributed by atoms with van der Waals surface area (Å²) in [4.78, 5) is 23.9. The number of hydrazine groups is 1. The highest BCUT2D eigenvalue weighted by molar-refractivity contribution is 7.89. The van der Waals surface area contributed by atoms with Gasteiger partial charge in [-0.05, 0) is 37.0 Å². The molecule has 130 valence electrons. The summed E-state index contributed by atoms with van der Waals surface area (Å²) in [6.45, 7) is 0. The van der Waals surface area contributed by atoms with E-state index >= 15 is 0 Å². The zero-order valence-corrected chi connectivity index (χ0v) is 14.5. The van der Waals surface area contributed by atoms with E-state index in [0.717, 1.165) is 17.1 Å². The van der Waals surface area contributed by atoms with E-state index in [-0.39, 0.29) is 22.3 Å². The lowest BCUT2D eigenvalue weighted by Crippen LogP contribution is -2.42. The molecule has 0 spiro atoms. The van der Waals surface area contributed by atoms with Gasteiger partial charge in [0.1, 0.15) is 0 Å². The van der Waals surface area contributed by atoms with Gasteiger partial charge in [-0.3, -0.25) is 20.4 Å². The quantitative estimate of drug-likeness (QED) is 0.612. The highest BCUT2D eigenvalue weighted by atomic mass is 32.2. The Kier molecular flexibility index (Phi) is 5.74. The highest BCUT2D eigenvalue weighted by Gasteiger charge is 2.19. The molecule has 1 aliphatic rings. The van der Waals surface area contributed by atoms with Crippen LogP contribution in [0.2, 0.25) is 0 Å². The minimum Gasteiger partial charge on any atom is -0.273 e. The van der Waals surface area contributed by atoms with Crippen molar-refractivity contribution in [3.05, 3.63) is 42.0 Å². The molecule has 1 aromatic rings. The van der Waals surface area contributed by atoms with Crippen molar-refractivity contribution in [3.63, 3.8) is 0 Å². The SMILES string of the molecule is CN(C)S(=O)(=O)c1cccc(C(=O)NNC(=O)C[C@@H]2C=CCC2)c1. The van der Waals surface area contributed by atoms with Crippen LogP contribution >= 0.6 is 0 Å². The molecular weight excluding hydrogens is 330 g/mol. The summed E-state index contributed by atoms with van der Waals surface area (Å²) >= 11 is 0. The zero-order chi connectivity index (χ0) is 17.7. The maximum atomic E-state index is 12.1. The number of nitrogens with zero attached hydrogens (tertiary/aromatic N) is 1. The molecule has 1 aromatic carbocycles. The molecule has 2 N–H and O–H groups in total. The van der Waals surface area contributed by atoms with Gasteiger partial charge in [0.25, 0.3) is 5.91 Å². The van der Waals surface area contributed by atoms with Crippen LogP contribution in [0.15, 0.2) is 41.3 Å². The zero-order valence-electron chi connectivity index (χ0n) is 13.7. The van der Waals surface area contributed by atoms with E-state index in [0.29, 0.717) is 6.42 Å². The predicted octanol–water partition coefficient (Wildman–Crippen LogP) is 1.05. The van der Waals surface area contributed by atoms with E-state index in [9.17, 15) is 18.0 Å². The van der Waals surface area contributed by atoms with E-state index < -0.39 is 15.9 Å². The topological polar surface area (TPSA) is 95.6 Å². The molecule has 0 bridgehead atoms. The molecule has 8 heteroatoms. The van der Waals surface area contributed by atoms with Gasteiger partial charge in [0.15, 0.2) is 0 Å². The maximum absolute atomic E-state index is 12.1. The average Bonchev–Trinajstić information content (AvgIpc) is 3.05. The molecular formula is C16H21N3O4S. The second-order valence-corrected chi connectivity index (χ2v) is 7.94. The fourth-order valence-electron chi connectivity index (χ4n) is 2.36. The van der Waals surface area contributed by atoms with Crippen LogP contribution < -0.4 is 10.9 Å². The molecule has 0 heterocycles. The van der Waals surface area contributed by atoms with Crippen molar-refractivity contribution >= 4 is 21.8 Å². The number of benzene rings is 1. The Morgan fingerprint density at radius 2 is 2.00 bits per heavy atom. The van der Waals surface area contributed by atoms with E-state index in [1.165, 1.54) is 38.4 Å². The van der Waals surface area contributed by atoms with Crippen LogP contribution in [-0.2, 0) is 14.8 Å². The third-order valence-electron chi connectivity index (χ3n) is 3.75. The fourth-order valence-corrected chi connectivity index (χ4v) is 3.31. The molecule has 0 saturated heterocycles. The Bertz CT molecular complexity index is 756. The number of hydrogen-bond donors (Lipinski definition) is 2. The third-order valence-corrected chi connectivity index (χ3v) is 5.56. The minimum absolute atomic E-state index is 0.0163. The van der Waals surface area contributed by atoms with Gasteiger partial charge in [0.05, 0.1) is 4.90 Å². The monoisotopic (exact) mass is 351 g/mol. The number of carbonyl (C=O) groups is 2. The first-order valence-corrected chi connectivity index (χ1v) is 9.03. The summed E-state index contributed by atoms with van der Waals surface area (Å²) in [6, 6.07) is 5.65. The van der Waals surface area contributed by atoms with Crippen molar-refractivity contribution in [2.75, 3.05) is 14.1 Å². The van der Waals surface area contributed by atoms with Gasteiger partial charge >= 0.3 is 0 Å². The first-order valence-electron chi connectivity index (χ1n) is 7.59. The van der Waals surface area contributed by atoms with Gasteiger partial charge in [-0.25, -0.2) is 12.7 Å². The molecule has 2 amide bonds. The molecule has 0 saturated carbocycles. The highest BCUT2D eigenvalue weighted by Crippen LogP contribution is 2.19. The van der Waals surface area contributed by atoms with Gasteiger partial charge < -0.3 is 0 Å². The first kappa shape index (κ1) is 18.2. The summed E-state index contributed by atoms with van der Waals surface area (Å²) in [5.41, 5.74) is 4.82. The van der Waals surface area contributed by atoms with Gasteiger partial charge in [0, 0.05) is 26.1 Å². The average molecular weight is 351 g/mol. The number of hydrogen-bond acceptors (Lipinski definition) is 4. The Morgan fingerprint density at radius 3 is 2.62 bits per heavy atom. The van der Waals surface area contributed by atoms with E-state index in [4.69, 9.17) is 0 Å². The van der Waals surface area contributed by atoms with E-state index in [1.807, 2.05) is 12.2 Å². The number of carbonyl (C=O) groups excluding carboxylic acids is 2. The molecule has 0 radical (unpaired) electrons. The molecule has 2 rings (SSSR count). The van der Waals surface area contributed by atoms with Crippen LogP contribution in [0.5, 0.6) is 0 Å². The van der Waals surface area contributed by atoms with Gasteiger partial charge in [-0.15, -0.1) is 0 Å². The Balaban J connectivity index is 1.97. The Labute approximate surface area is 141 Å². The number of nitrogens with one attached hydrogen (secondary N) is 2. The van der Waals surface area contributed by atoms with Crippen LogP contribution in [0.1, 0.15) is 29.6 Å². The number of sulfonamides is 1. The summed E-state index contributed by atoms with van der Waals surface area (Å²) < 4.78 is 25.2. The van der Waals surface area contributed by atoms with Crippen LogP contribution in [0.25, 0.3) is 0 Å². The van der Waals surface area contributed by atoms with E-state index in [1.54, 1.807) is 0 Å². The third kappa shape index (κ3) is 4.42. The molecule has 24 heavy (non-hydrogen) atoms. The van der Waals surface area contributed by atoms with Gasteiger partial charge in [-0.1, -0.05) is 18.2 Å². The predicted molar refractivity (Wildman–Crippen MR) is 89.4 cm³/mol. The largest absolute Gasteiger partial charge is 0.273 e. The molecule has 7 nitrogen and oxygen atoms in total. The lowest BCUT2D eigenvalue weighted by atomic mass is 10.1. The fraction of sp³-hybridized carbons (Fsp3) is 0.375. The van der Waals surface area contributed by atoms with Crippen LogP contribution in [0, 0.1) is 5.92 Å². The molecule has 0 fully saturated rings. The molecule has 1 aliphatic carbocycles. The molecule has 0 aromatic heterocycles. The number of amides is 2. The summed E-state index contributed by atoms with van der Waals surface area (Å²) in [5, 5.41) is 0. The first-order chi connectivity index (χ1) is 11.3. The standard InChI is InChI=1S/C16H21N3O4S/c1-19(2)24(22,23)14-9-5-8-13(11-14)16(21)18-17-15(20)10-12-6-3-4-7-12/h3,5-6,8-9,11-12H,4,7,10H2,1-2H3,(H,17,20)(H,18,21)/t12-/m1/s1. The van der Waals surface area contributed by atoms with Crippen LogP contribution in [0.4, 0.5) is 0 Å². The van der Waals surface area contributed by atoms with Crippen molar-refractivity contribution < 1.29 is 18.0 Å². The summed E-state index contributed by atoms with van der Waals surface area (Å²) in [7, 11) is -0.789. The second-order valence-electron chi connectivity index (χ2n) is 5.79. The molecule has 0 aliphatic heterocycles. The minimum atomic E-state index is -3.62. The Hall–Kier alpha value is -2.19. The second kappa shape index (κ2) is 7.59. The van der Waals surface area contributed by atoms with Crippen molar-refractivity contribution in [2.24, 2.45) is 5.92 Å². The van der Waals surface area contributed by atoms with Gasteiger partial charge in [0.2, 0.25) is 15.9 Å². The molecule has 0 unspecified atom stereocenters. The normalized spacial score (nSPS) is 17.0. The molecule has 1 atom stereocenters. The lowest BCUT2D eigenvalue weighted by molar-refractivity contribution is -0.122. The summed E-state index contributed by atoms with van der Waals surface area (Å²) in [6.07, 6.45) is 6.25.